The van der Waals surface area contributed by atoms with Crippen LogP contribution >= 0.6 is 12.6 Å². The Balaban J connectivity index is 2.73. The van der Waals surface area contributed by atoms with Crippen molar-refractivity contribution in [2.24, 2.45) is 0 Å². The minimum Gasteiger partial charge on any atom is -0.349 e. The molecule has 15 heavy (non-hydrogen) atoms. The Labute approximate surface area is 94.3 Å². The lowest BCUT2D eigenvalue weighted by molar-refractivity contribution is -0.120. The number of rotatable bonds is 3. The lowest BCUT2D eigenvalue weighted by Gasteiger charge is -2.16. The number of nitrogens with one attached hydrogen (secondary N) is 1. The lowest BCUT2D eigenvalue weighted by atomic mass is 10.1. The molecule has 0 saturated carbocycles. The molecule has 1 aromatic carbocycles. The Kier molecular flexibility index (Phi) is 4.15. The van der Waals surface area contributed by atoms with Gasteiger partial charge in [0.05, 0.1) is 11.3 Å². The van der Waals surface area contributed by atoms with Gasteiger partial charge in [-0.25, -0.2) is 4.39 Å². The monoisotopic (exact) mass is 227 g/mol. The standard InChI is InChI=1S/C11H14FNOS/c1-7(13-11(14)8(2)15)9-5-3-4-6-10(9)12/h3-8,15H,1-2H3,(H,13,14). The van der Waals surface area contributed by atoms with Gasteiger partial charge in [0.15, 0.2) is 0 Å². The third kappa shape index (κ3) is 3.23. The van der Waals surface area contributed by atoms with Gasteiger partial charge in [-0.1, -0.05) is 18.2 Å². The maximum absolute atomic E-state index is 13.3. The molecule has 0 bridgehead atoms. The van der Waals surface area contributed by atoms with Crippen molar-refractivity contribution in [2.75, 3.05) is 0 Å². The van der Waals surface area contributed by atoms with Crippen molar-refractivity contribution in [1.82, 2.24) is 5.32 Å². The number of amides is 1. The maximum Gasteiger partial charge on any atom is 0.233 e. The first-order valence-electron chi connectivity index (χ1n) is 4.75. The molecule has 4 heteroatoms. The van der Waals surface area contributed by atoms with Crippen molar-refractivity contribution in [3.63, 3.8) is 0 Å². The van der Waals surface area contributed by atoms with Crippen LogP contribution in [0.1, 0.15) is 25.5 Å². The molecule has 0 radical (unpaired) electrons. The summed E-state index contributed by atoms with van der Waals surface area (Å²) in [6, 6.07) is 6.05. The van der Waals surface area contributed by atoms with Crippen LogP contribution in [0.25, 0.3) is 0 Å². The van der Waals surface area contributed by atoms with Crippen LogP contribution in [0.15, 0.2) is 24.3 Å². The Hall–Kier alpha value is -1.03. The SMILES string of the molecule is CC(S)C(=O)NC(C)c1ccccc1F. The third-order valence-corrected chi connectivity index (χ3v) is 2.34. The molecule has 0 aromatic heterocycles. The topological polar surface area (TPSA) is 29.1 Å². The van der Waals surface area contributed by atoms with Crippen LogP contribution in [0, 0.1) is 5.82 Å². The number of halogens is 1. The van der Waals surface area contributed by atoms with Gasteiger partial charge in [-0.15, -0.1) is 0 Å². The Morgan fingerprint density at radius 2 is 2.00 bits per heavy atom. The summed E-state index contributed by atoms with van der Waals surface area (Å²) in [6.07, 6.45) is 0. The van der Waals surface area contributed by atoms with Gasteiger partial charge in [0.2, 0.25) is 5.91 Å². The lowest BCUT2D eigenvalue weighted by Crippen LogP contribution is -2.32. The van der Waals surface area contributed by atoms with E-state index in [0.717, 1.165) is 0 Å². The van der Waals surface area contributed by atoms with Gasteiger partial charge >= 0.3 is 0 Å². The van der Waals surface area contributed by atoms with E-state index in [1.807, 2.05) is 0 Å². The number of thiol groups is 1. The van der Waals surface area contributed by atoms with Crippen molar-refractivity contribution < 1.29 is 9.18 Å². The normalized spacial score (nSPS) is 14.4. The number of carbonyl (C=O) groups excluding carboxylic acids is 1. The summed E-state index contributed by atoms with van der Waals surface area (Å²) in [4.78, 5) is 11.3. The molecule has 1 amide bonds. The van der Waals surface area contributed by atoms with Gasteiger partial charge in [0.1, 0.15) is 5.82 Å². The molecular weight excluding hydrogens is 213 g/mol. The highest BCUT2D eigenvalue weighted by atomic mass is 32.1. The van der Waals surface area contributed by atoms with Gasteiger partial charge in [0, 0.05) is 5.56 Å². The predicted molar refractivity (Wildman–Crippen MR) is 61.4 cm³/mol. The van der Waals surface area contributed by atoms with Gasteiger partial charge in [-0.2, -0.15) is 12.6 Å². The van der Waals surface area contributed by atoms with Crippen molar-refractivity contribution in [3.05, 3.63) is 35.6 Å². The Morgan fingerprint density at radius 1 is 1.40 bits per heavy atom. The Morgan fingerprint density at radius 3 is 2.53 bits per heavy atom. The van der Waals surface area contributed by atoms with Crippen molar-refractivity contribution in [3.8, 4) is 0 Å². The number of hydrogen-bond acceptors (Lipinski definition) is 2. The van der Waals surface area contributed by atoms with Gasteiger partial charge in [-0.3, -0.25) is 4.79 Å². The molecule has 1 N–H and O–H groups in total. The summed E-state index contributed by atoms with van der Waals surface area (Å²) >= 11 is 4.00. The summed E-state index contributed by atoms with van der Waals surface area (Å²) in [5.41, 5.74) is 0.486. The first-order valence-corrected chi connectivity index (χ1v) is 5.27. The van der Waals surface area contributed by atoms with Crippen LogP contribution in [0.2, 0.25) is 0 Å². The van der Waals surface area contributed by atoms with E-state index in [9.17, 15) is 9.18 Å². The van der Waals surface area contributed by atoms with E-state index in [4.69, 9.17) is 0 Å². The third-order valence-electron chi connectivity index (χ3n) is 2.11. The van der Waals surface area contributed by atoms with E-state index < -0.39 is 0 Å². The quantitative estimate of drug-likeness (QED) is 0.762. The average Bonchev–Trinajstić information content (AvgIpc) is 2.18. The molecule has 0 aliphatic carbocycles. The van der Waals surface area contributed by atoms with Crippen molar-refractivity contribution in [2.45, 2.75) is 25.1 Å². The Bertz CT molecular complexity index is 354. The van der Waals surface area contributed by atoms with E-state index in [0.29, 0.717) is 5.56 Å². The smallest absolute Gasteiger partial charge is 0.233 e. The molecule has 0 heterocycles. The summed E-state index contributed by atoms with van der Waals surface area (Å²) in [5.74, 6) is -0.508. The van der Waals surface area contributed by atoms with Crippen molar-refractivity contribution >= 4 is 18.5 Å². The van der Waals surface area contributed by atoms with Gasteiger partial charge in [-0.05, 0) is 19.9 Å². The predicted octanol–water partition coefficient (Wildman–Crippen LogP) is 2.32. The average molecular weight is 227 g/mol. The maximum atomic E-state index is 13.3. The highest BCUT2D eigenvalue weighted by Gasteiger charge is 2.15. The first kappa shape index (κ1) is 12.0. The van der Waals surface area contributed by atoms with E-state index in [1.165, 1.54) is 6.07 Å². The summed E-state index contributed by atoms with van der Waals surface area (Å²) in [6.45, 7) is 3.42. The fourth-order valence-electron chi connectivity index (χ4n) is 1.24. The number of carbonyl (C=O) groups is 1. The molecule has 1 aromatic rings. The minimum absolute atomic E-state index is 0.200. The molecule has 0 saturated heterocycles. The first-order chi connectivity index (χ1) is 7.02. The van der Waals surface area contributed by atoms with Crippen LogP contribution in [-0.4, -0.2) is 11.2 Å². The second kappa shape index (κ2) is 5.16. The van der Waals surface area contributed by atoms with E-state index in [-0.39, 0.29) is 23.0 Å². The molecule has 2 nitrogen and oxygen atoms in total. The van der Waals surface area contributed by atoms with Gasteiger partial charge in [0.25, 0.3) is 0 Å². The van der Waals surface area contributed by atoms with Crippen LogP contribution in [0.5, 0.6) is 0 Å². The summed E-state index contributed by atoms with van der Waals surface area (Å²) in [5, 5.41) is 2.29. The zero-order valence-corrected chi connectivity index (χ0v) is 9.59. The van der Waals surface area contributed by atoms with E-state index >= 15 is 0 Å². The van der Waals surface area contributed by atoms with E-state index in [2.05, 4.69) is 17.9 Å². The largest absolute Gasteiger partial charge is 0.349 e. The molecule has 82 valence electrons. The summed E-state index contributed by atoms with van der Waals surface area (Å²) < 4.78 is 13.3. The molecule has 0 spiro atoms. The second-order valence-electron chi connectivity index (χ2n) is 3.43. The van der Waals surface area contributed by atoms with Crippen LogP contribution in [-0.2, 0) is 4.79 Å². The molecule has 2 atom stereocenters. The minimum atomic E-state index is -0.390. The zero-order valence-electron chi connectivity index (χ0n) is 8.70. The van der Waals surface area contributed by atoms with Gasteiger partial charge < -0.3 is 5.32 Å². The van der Waals surface area contributed by atoms with Crippen molar-refractivity contribution in [1.29, 1.82) is 0 Å². The number of benzene rings is 1. The van der Waals surface area contributed by atoms with Crippen LogP contribution in [0.3, 0.4) is 0 Å². The highest BCUT2D eigenvalue weighted by Crippen LogP contribution is 2.16. The molecular formula is C11H14FNOS. The highest BCUT2D eigenvalue weighted by molar-refractivity contribution is 7.81. The molecule has 0 fully saturated rings. The molecule has 2 unspecified atom stereocenters. The molecule has 1 rings (SSSR count). The fraction of sp³-hybridized carbons (Fsp3) is 0.364. The molecule has 0 aliphatic heterocycles. The zero-order chi connectivity index (χ0) is 11.4. The molecule has 0 aliphatic rings. The summed E-state index contributed by atoms with van der Waals surface area (Å²) in [7, 11) is 0. The fourth-order valence-corrected chi connectivity index (χ4v) is 1.31. The van der Waals surface area contributed by atoms with Crippen LogP contribution < -0.4 is 5.32 Å². The number of hydrogen-bond donors (Lipinski definition) is 2. The van der Waals surface area contributed by atoms with Crippen LogP contribution in [0.4, 0.5) is 4.39 Å². The second-order valence-corrected chi connectivity index (χ2v) is 4.20. The van der Waals surface area contributed by atoms with E-state index in [1.54, 1.807) is 32.0 Å².